The van der Waals surface area contributed by atoms with Gasteiger partial charge in [-0.3, -0.25) is 4.79 Å². The molecule has 0 bridgehead atoms. The Balaban J connectivity index is 2.39. The monoisotopic (exact) mass is 249 g/mol. The van der Waals surface area contributed by atoms with Gasteiger partial charge in [0.2, 0.25) is 5.88 Å². The van der Waals surface area contributed by atoms with Crippen molar-refractivity contribution in [1.29, 1.82) is 0 Å². The summed E-state index contributed by atoms with van der Waals surface area (Å²) in [5.74, 6) is 0.691. The Kier molecular flexibility index (Phi) is 2.37. The summed E-state index contributed by atoms with van der Waals surface area (Å²) in [4.78, 5) is 14.3. The molecule has 1 aliphatic heterocycles. The third-order valence-electron chi connectivity index (χ3n) is 3.19. The van der Waals surface area contributed by atoms with Crippen molar-refractivity contribution in [3.8, 4) is 0 Å². The van der Waals surface area contributed by atoms with Crippen molar-refractivity contribution in [1.82, 2.24) is 0 Å². The van der Waals surface area contributed by atoms with E-state index >= 15 is 0 Å². The van der Waals surface area contributed by atoms with E-state index in [4.69, 9.17) is 16.0 Å². The van der Waals surface area contributed by atoms with Crippen molar-refractivity contribution in [2.75, 3.05) is 18.5 Å². The lowest BCUT2D eigenvalue weighted by Crippen LogP contribution is -2.28. The fourth-order valence-corrected chi connectivity index (χ4v) is 2.48. The van der Waals surface area contributed by atoms with Crippen LogP contribution in [0.1, 0.15) is 12.0 Å². The molecule has 1 aromatic carbocycles. The number of rotatable bonds is 0. The van der Waals surface area contributed by atoms with Gasteiger partial charge in [0.15, 0.2) is 5.43 Å². The number of nitrogens with zero attached hydrogens (tertiary/aromatic N) is 1. The maximum Gasteiger partial charge on any atom is 0.202 e. The smallest absolute Gasteiger partial charge is 0.202 e. The fourth-order valence-electron chi connectivity index (χ4n) is 2.32. The summed E-state index contributed by atoms with van der Waals surface area (Å²) in [7, 11) is 1.94. The molecule has 0 aliphatic carbocycles. The molecule has 0 fully saturated rings. The highest BCUT2D eigenvalue weighted by Crippen LogP contribution is 2.28. The molecule has 1 aliphatic rings. The van der Waals surface area contributed by atoms with Gasteiger partial charge < -0.3 is 9.32 Å². The van der Waals surface area contributed by atoms with E-state index in [1.807, 2.05) is 11.9 Å². The molecule has 3 nitrogen and oxygen atoms in total. The first kappa shape index (κ1) is 10.7. The molecule has 4 heteroatoms. The predicted molar refractivity (Wildman–Crippen MR) is 69.1 cm³/mol. The van der Waals surface area contributed by atoms with Crippen LogP contribution in [0.2, 0.25) is 5.02 Å². The van der Waals surface area contributed by atoms with E-state index in [1.54, 1.807) is 18.2 Å². The van der Waals surface area contributed by atoms with Crippen LogP contribution in [-0.4, -0.2) is 13.6 Å². The van der Waals surface area contributed by atoms with Crippen LogP contribution in [-0.2, 0) is 6.42 Å². The third-order valence-corrected chi connectivity index (χ3v) is 3.43. The first-order valence-corrected chi connectivity index (χ1v) is 6.01. The Morgan fingerprint density at radius 2 is 2.24 bits per heavy atom. The predicted octanol–water partition coefficient (Wildman–Crippen LogP) is 2.83. The number of halogens is 1. The van der Waals surface area contributed by atoms with E-state index in [0.29, 0.717) is 21.9 Å². The Morgan fingerprint density at radius 1 is 1.41 bits per heavy atom. The number of hydrogen-bond acceptors (Lipinski definition) is 3. The zero-order valence-electron chi connectivity index (χ0n) is 9.50. The third kappa shape index (κ3) is 1.62. The second-order valence-electron chi connectivity index (χ2n) is 4.38. The standard InChI is InChI=1S/C13H12ClNO2/c1-15-6-2-3-10-12(16)9-5-4-8(14)7-11(9)17-13(10)15/h4-5,7H,2-3,6H2,1H3. The molecule has 88 valence electrons. The fraction of sp³-hybridized carbons (Fsp3) is 0.308. The molecule has 0 amide bonds. The lowest BCUT2D eigenvalue weighted by molar-refractivity contribution is 0.551. The maximum absolute atomic E-state index is 12.3. The van der Waals surface area contributed by atoms with Crippen LogP contribution in [0.15, 0.2) is 27.4 Å². The molecule has 0 saturated heterocycles. The molecule has 0 N–H and O–H groups in total. The molecule has 0 radical (unpaired) electrons. The van der Waals surface area contributed by atoms with E-state index in [1.165, 1.54) is 0 Å². The first-order chi connectivity index (χ1) is 8.16. The average molecular weight is 250 g/mol. The highest BCUT2D eigenvalue weighted by Gasteiger charge is 2.21. The summed E-state index contributed by atoms with van der Waals surface area (Å²) in [5, 5.41) is 1.20. The van der Waals surface area contributed by atoms with E-state index in [0.717, 1.165) is 24.9 Å². The van der Waals surface area contributed by atoms with E-state index in [2.05, 4.69) is 0 Å². The van der Waals surface area contributed by atoms with Gasteiger partial charge in [-0.25, -0.2) is 0 Å². The van der Waals surface area contributed by atoms with Crippen LogP contribution in [0.5, 0.6) is 0 Å². The summed E-state index contributed by atoms with van der Waals surface area (Å²) in [6, 6.07) is 5.15. The van der Waals surface area contributed by atoms with Gasteiger partial charge in [0.1, 0.15) is 5.58 Å². The Bertz CT molecular complexity index is 648. The topological polar surface area (TPSA) is 33.5 Å². The van der Waals surface area contributed by atoms with Crippen molar-refractivity contribution < 1.29 is 4.42 Å². The lowest BCUT2D eigenvalue weighted by Gasteiger charge is -2.25. The van der Waals surface area contributed by atoms with Gasteiger partial charge >= 0.3 is 0 Å². The first-order valence-electron chi connectivity index (χ1n) is 5.63. The lowest BCUT2D eigenvalue weighted by atomic mass is 10.0. The van der Waals surface area contributed by atoms with Gasteiger partial charge in [0, 0.05) is 24.7 Å². The van der Waals surface area contributed by atoms with Crippen LogP contribution in [0, 0.1) is 0 Å². The molecule has 0 atom stereocenters. The van der Waals surface area contributed by atoms with Gasteiger partial charge in [-0.15, -0.1) is 0 Å². The zero-order chi connectivity index (χ0) is 12.0. The van der Waals surface area contributed by atoms with Gasteiger partial charge in [-0.05, 0) is 25.0 Å². The number of fused-ring (bicyclic) bond motifs is 2. The molecule has 0 saturated carbocycles. The summed E-state index contributed by atoms with van der Waals surface area (Å²) < 4.78 is 5.80. The normalized spacial score (nSPS) is 15.1. The molecule has 2 aromatic rings. The van der Waals surface area contributed by atoms with Crippen LogP contribution < -0.4 is 10.3 Å². The van der Waals surface area contributed by atoms with Crippen molar-refractivity contribution in [2.24, 2.45) is 0 Å². The number of benzene rings is 1. The van der Waals surface area contributed by atoms with Gasteiger partial charge in [-0.2, -0.15) is 0 Å². The molecule has 0 spiro atoms. The molecule has 3 rings (SSSR count). The van der Waals surface area contributed by atoms with E-state index < -0.39 is 0 Å². The summed E-state index contributed by atoms with van der Waals surface area (Å²) in [5.41, 5.74) is 1.42. The van der Waals surface area contributed by atoms with E-state index in [-0.39, 0.29) is 5.43 Å². The minimum atomic E-state index is 0.0736. The minimum Gasteiger partial charge on any atom is -0.440 e. The quantitative estimate of drug-likeness (QED) is 0.720. The Labute approximate surface area is 104 Å². The molecule has 1 aromatic heterocycles. The highest BCUT2D eigenvalue weighted by atomic mass is 35.5. The van der Waals surface area contributed by atoms with Crippen molar-refractivity contribution >= 4 is 28.5 Å². The molecular weight excluding hydrogens is 238 g/mol. The molecular formula is C13H12ClNO2. The van der Waals surface area contributed by atoms with Crippen LogP contribution >= 0.6 is 11.6 Å². The van der Waals surface area contributed by atoms with Crippen LogP contribution in [0.3, 0.4) is 0 Å². The second-order valence-corrected chi connectivity index (χ2v) is 4.82. The molecule has 17 heavy (non-hydrogen) atoms. The zero-order valence-corrected chi connectivity index (χ0v) is 10.3. The highest BCUT2D eigenvalue weighted by molar-refractivity contribution is 6.31. The van der Waals surface area contributed by atoms with Crippen molar-refractivity contribution in [3.63, 3.8) is 0 Å². The van der Waals surface area contributed by atoms with Crippen molar-refractivity contribution in [2.45, 2.75) is 12.8 Å². The van der Waals surface area contributed by atoms with Crippen LogP contribution in [0.4, 0.5) is 5.88 Å². The summed E-state index contributed by atoms with van der Waals surface area (Å²) >= 11 is 5.91. The summed E-state index contributed by atoms with van der Waals surface area (Å²) in [6.07, 6.45) is 1.79. The largest absolute Gasteiger partial charge is 0.440 e. The van der Waals surface area contributed by atoms with Gasteiger partial charge in [-0.1, -0.05) is 11.6 Å². The molecule has 2 heterocycles. The second kappa shape index (κ2) is 3.77. The maximum atomic E-state index is 12.3. The van der Waals surface area contributed by atoms with Gasteiger partial charge in [0.25, 0.3) is 0 Å². The molecule has 0 unspecified atom stereocenters. The van der Waals surface area contributed by atoms with Crippen LogP contribution in [0.25, 0.3) is 11.0 Å². The average Bonchev–Trinajstić information content (AvgIpc) is 2.30. The van der Waals surface area contributed by atoms with E-state index in [9.17, 15) is 4.79 Å². The SMILES string of the molecule is CN1CCCc2c1oc1cc(Cl)ccc1c2=O. The minimum absolute atomic E-state index is 0.0736. The van der Waals surface area contributed by atoms with Crippen molar-refractivity contribution in [3.05, 3.63) is 39.0 Å². The number of anilines is 1. The van der Waals surface area contributed by atoms with Gasteiger partial charge in [0.05, 0.1) is 10.9 Å². The summed E-state index contributed by atoms with van der Waals surface area (Å²) in [6.45, 7) is 0.919. The number of hydrogen-bond donors (Lipinski definition) is 0. The Morgan fingerprint density at radius 3 is 3.06 bits per heavy atom. The Hall–Kier alpha value is -1.48.